The number of nitrogens with zero attached hydrogens (tertiary/aromatic N) is 2. The summed E-state index contributed by atoms with van der Waals surface area (Å²) >= 11 is 1.41. The van der Waals surface area contributed by atoms with Gasteiger partial charge in [-0.2, -0.15) is 0 Å². The second-order valence-electron chi connectivity index (χ2n) is 5.42. The van der Waals surface area contributed by atoms with E-state index in [1.54, 1.807) is 7.11 Å². The van der Waals surface area contributed by atoms with Crippen LogP contribution in [0.2, 0.25) is 0 Å². The summed E-state index contributed by atoms with van der Waals surface area (Å²) in [5, 5.41) is 3.68. The Bertz CT molecular complexity index is 845. The van der Waals surface area contributed by atoms with Crippen LogP contribution in [0.1, 0.15) is 0 Å². The second-order valence-corrected chi connectivity index (χ2v) is 6.36. The molecule has 0 saturated carbocycles. The van der Waals surface area contributed by atoms with E-state index in [0.29, 0.717) is 5.75 Å². The van der Waals surface area contributed by atoms with E-state index < -0.39 is 0 Å². The van der Waals surface area contributed by atoms with Crippen molar-refractivity contribution >= 4 is 23.4 Å². The van der Waals surface area contributed by atoms with E-state index in [9.17, 15) is 4.79 Å². The van der Waals surface area contributed by atoms with Crippen LogP contribution in [0.5, 0.6) is 5.75 Å². The van der Waals surface area contributed by atoms with Gasteiger partial charge in [0.05, 0.1) is 24.8 Å². The van der Waals surface area contributed by atoms with Crippen LogP contribution < -0.4 is 10.1 Å². The molecule has 0 bridgehead atoms. The maximum absolute atomic E-state index is 12.1. The van der Waals surface area contributed by atoms with Gasteiger partial charge in [0, 0.05) is 12.7 Å². The summed E-state index contributed by atoms with van der Waals surface area (Å²) in [7, 11) is 3.57. The lowest BCUT2D eigenvalue weighted by molar-refractivity contribution is -0.113. The van der Waals surface area contributed by atoms with Crippen molar-refractivity contribution in [3.63, 3.8) is 0 Å². The molecule has 0 atom stereocenters. The van der Waals surface area contributed by atoms with Crippen LogP contribution in [0.15, 0.2) is 66.0 Å². The molecule has 6 heteroatoms. The van der Waals surface area contributed by atoms with Crippen molar-refractivity contribution < 1.29 is 9.53 Å². The Morgan fingerprint density at radius 3 is 2.56 bits per heavy atom. The van der Waals surface area contributed by atoms with Gasteiger partial charge in [-0.25, -0.2) is 4.98 Å². The Morgan fingerprint density at radius 1 is 1.16 bits per heavy atom. The number of methoxy groups -OCH3 is 1. The zero-order valence-corrected chi connectivity index (χ0v) is 14.9. The molecule has 1 amide bonds. The van der Waals surface area contributed by atoms with Crippen LogP contribution in [0.4, 0.5) is 5.69 Å². The fourth-order valence-electron chi connectivity index (χ4n) is 2.41. The van der Waals surface area contributed by atoms with Gasteiger partial charge in [-0.05, 0) is 29.8 Å². The molecule has 0 aliphatic carbocycles. The van der Waals surface area contributed by atoms with Crippen LogP contribution in [-0.2, 0) is 11.8 Å². The number of aromatic nitrogens is 2. The van der Waals surface area contributed by atoms with Crippen LogP contribution in [0.25, 0.3) is 11.3 Å². The molecule has 1 aromatic heterocycles. The molecule has 3 rings (SSSR count). The summed E-state index contributed by atoms with van der Waals surface area (Å²) in [6, 6.07) is 17.3. The Balaban J connectivity index is 1.60. The van der Waals surface area contributed by atoms with Crippen molar-refractivity contribution in [1.29, 1.82) is 0 Å². The first-order valence-corrected chi connectivity index (χ1v) is 8.80. The quantitative estimate of drug-likeness (QED) is 0.685. The fraction of sp³-hybridized carbons (Fsp3) is 0.158. The molecule has 128 valence electrons. The molecule has 0 aliphatic rings. The lowest BCUT2D eigenvalue weighted by atomic mass is 10.2. The van der Waals surface area contributed by atoms with Gasteiger partial charge in [-0.15, -0.1) is 0 Å². The standard InChI is InChI=1S/C19H19N3O2S/c1-22-17(14-6-4-3-5-7-14)12-20-19(22)25-13-18(23)21-15-8-10-16(24-2)11-9-15/h3-12H,13H2,1-2H3,(H,21,23). The number of hydrogen-bond acceptors (Lipinski definition) is 4. The van der Waals surface area contributed by atoms with Crippen molar-refractivity contribution in [3.8, 4) is 17.0 Å². The van der Waals surface area contributed by atoms with Crippen LogP contribution in [-0.4, -0.2) is 28.3 Å². The monoisotopic (exact) mass is 353 g/mol. The average Bonchev–Trinajstić information content (AvgIpc) is 3.02. The minimum atomic E-state index is -0.0700. The molecule has 0 fully saturated rings. The number of carbonyl (C=O) groups excluding carboxylic acids is 1. The van der Waals surface area contributed by atoms with Gasteiger partial charge in [-0.3, -0.25) is 4.79 Å². The number of rotatable bonds is 6. The molecule has 0 unspecified atom stereocenters. The Morgan fingerprint density at radius 2 is 1.88 bits per heavy atom. The second kappa shape index (κ2) is 7.90. The molecule has 1 N–H and O–H groups in total. The van der Waals surface area contributed by atoms with E-state index in [2.05, 4.69) is 10.3 Å². The number of benzene rings is 2. The largest absolute Gasteiger partial charge is 0.497 e. The molecule has 0 radical (unpaired) electrons. The number of carbonyl (C=O) groups is 1. The first kappa shape index (κ1) is 17.1. The predicted octanol–water partition coefficient (Wildman–Crippen LogP) is 3.83. The highest BCUT2D eigenvalue weighted by Crippen LogP contribution is 2.24. The smallest absolute Gasteiger partial charge is 0.234 e. The molecule has 0 aliphatic heterocycles. The summed E-state index contributed by atoms with van der Waals surface area (Å²) in [4.78, 5) is 16.6. The number of imidazole rings is 1. The molecule has 5 nitrogen and oxygen atoms in total. The minimum absolute atomic E-state index is 0.0700. The zero-order chi connectivity index (χ0) is 17.6. The number of anilines is 1. The molecule has 0 saturated heterocycles. The van der Waals surface area contributed by atoms with Crippen LogP contribution in [0, 0.1) is 0 Å². The van der Waals surface area contributed by atoms with Gasteiger partial charge < -0.3 is 14.6 Å². The van der Waals surface area contributed by atoms with E-state index >= 15 is 0 Å². The van der Waals surface area contributed by atoms with Gasteiger partial charge >= 0.3 is 0 Å². The first-order chi connectivity index (χ1) is 12.2. The SMILES string of the molecule is COc1ccc(NC(=O)CSc2ncc(-c3ccccc3)n2C)cc1. The number of hydrogen-bond donors (Lipinski definition) is 1. The van der Waals surface area contributed by atoms with Gasteiger partial charge in [0.2, 0.25) is 5.91 Å². The summed E-state index contributed by atoms with van der Waals surface area (Å²) < 4.78 is 7.10. The summed E-state index contributed by atoms with van der Waals surface area (Å²) in [5.74, 6) is 0.985. The van der Waals surface area contributed by atoms with Crippen molar-refractivity contribution in [3.05, 3.63) is 60.8 Å². The maximum Gasteiger partial charge on any atom is 0.234 e. The third-order valence-electron chi connectivity index (χ3n) is 3.72. The number of nitrogens with one attached hydrogen (secondary N) is 1. The van der Waals surface area contributed by atoms with Gasteiger partial charge in [-0.1, -0.05) is 42.1 Å². The topological polar surface area (TPSA) is 56.1 Å². The zero-order valence-electron chi connectivity index (χ0n) is 14.1. The summed E-state index contributed by atoms with van der Waals surface area (Å²) in [6.07, 6.45) is 1.83. The maximum atomic E-state index is 12.1. The lowest BCUT2D eigenvalue weighted by Gasteiger charge is -2.07. The van der Waals surface area contributed by atoms with Gasteiger partial charge in [0.25, 0.3) is 0 Å². The Labute approximate surface area is 151 Å². The van der Waals surface area contributed by atoms with E-state index in [-0.39, 0.29) is 5.91 Å². The average molecular weight is 353 g/mol. The molecule has 1 heterocycles. The molecular formula is C19H19N3O2S. The van der Waals surface area contributed by atoms with Crippen molar-refractivity contribution in [2.45, 2.75) is 5.16 Å². The first-order valence-electron chi connectivity index (χ1n) is 7.81. The molecule has 3 aromatic rings. The lowest BCUT2D eigenvalue weighted by Crippen LogP contribution is -2.14. The molecule has 0 spiro atoms. The third-order valence-corrected chi connectivity index (χ3v) is 4.77. The highest BCUT2D eigenvalue weighted by atomic mass is 32.2. The fourth-order valence-corrected chi connectivity index (χ4v) is 3.16. The summed E-state index contributed by atoms with van der Waals surface area (Å²) in [6.45, 7) is 0. The number of thioether (sulfide) groups is 1. The number of ether oxygens (including phenoxy) is 1. The van der Waals surface area contributed by atoms with E-state index in [0.717, 1.165) is 27.9 Å². The highest BCUT2D eigenvalue weighted by Gasteiger charge is 2.11. The minimum Gasteiger partial charge on any atom is -0.497 e. The molecule has 2 aromatic carbocycles. The summed E-state index contributed by atoms with van der Waals surface area (Å²) in [5.41, 5.74) is 2.88. The van der Waals surface area contributed by atoms with E-state index in [1.807, 2.05) is 72.4 Å². The third kappa shape index (κ3) is 4.22. The highest BCUT2D eigenvalue weighted by molar-refractivity contribution is 7.99. The van der Waals surface area contributed by atoms with Gasteiger partial charge in [0.15, 0.2) is 5.16 Å². The van der Waals surface area contributed by atoms with Crippen molar-refractivity contribution in [2.75, 3.05) is 18.2 Å². The van der Waals surface area contributed by atoms with Crippen LogP contribution in [0.3, 0.4) is 0 Å². The Kier molecular flexibility index (Phi) is 5.40. The van der Waals surface area contributed by atoms with Gasteiger partial charge in [0.1, 0.15) is 5.75 Å². The van der Waals surface area contributed by atoms with Crippen molar-refractivity contribution in [2.24, 2.45) is 7.05 Å². The predicted molar refractivity (Wildman–Crippen MR) is 101 cm³/mol. The normalized spacial score (nSPS) is 10.5. The van der Waals surface area contributed by atoms with E-state index in [4.69, 9.17) is 4.74 Å². The number of amides is 1. The van der Waals surface area contributed by atoms with E-state index in [1.165, 1.54) is 11.8 Å². The van der Waals surface area contributed by atoms with Crippen molar-refractivity contribution in [1.82, 2.24) is 9.55 Å². The molecule has 25 heavy (non-hydrogen) atoms. The molecular weight excluding hydrogens is 334 g/mol. The van der Waals surface area contributed by atoms with Crippen LogP contribution >= 0.6 is 11.8 Å². The Hall–Kier alpha value is -2.73.